The van der Waals surface area contributed by atoms with Crippen LogP contribution in [0.3, 0.4) is 0 Å². The van der Waals surface area contributed by atoms with Crippen molar-refractivity contribution in [1.29, 1.82) is 0 Å². The maximum Gasteiger partial charge on any atom is 0.151 e. The molecule has 0 aliphatic carbocycles. The van der Waals surface area contributed by atoms with Crippen molar-refractivity contribution in [1.82, 2.24) is 5.32 Å². The Morgan fingerprint density at radius 1 is 1.36 bits per heavy atom. The number of nitrogens with one attached hydrogen (secondary N) is 1. The lowest BCUT2D eigenvalue weighted by atomic mass is 10.0. The second kappa shape index (κ2) is 5.12. The number of sulfone groups is 1. The predicted molar refractivity (Wildman–Crippen MR) is 59.1 cm³/mol. The van der Waals surface area contributed by atoms with E-state index in [9.17, 15) is 8.42 Å². The molecular formula is C10H21NO2S. The molecule has 0 unspecified atom stereocenters. The summed E-state index contributed by atoms with van der Waals surface area (Å²) in [6.07, 6.45) is 3.13. The molecule has 0 amide bonds. The monoisotopic (exact) mass is 219 g/mol. The van der Waals surface area contributed by atoms with E-state index in [1.54, 1.807) is 0 Å². The maximum absolute atomic E-state index is 11.2. The van der Waals surface area contributed by atoms with Crippen molar-refractivity contribution in [2.24, 2.45) is 5.92 Å². The summed E-state index contributed by atoms with van der Waals surface area (Å²) in [7, 11) is -2.72. The first-order valence-electron chi connectivity index (χ1n) is 5.51. The molecule has 0 spiro atoms. The van der Waals surface area contributed by atoms with Gasteiger partial charge in [0.1, 0.15) is 0 Å². The van der Waals surface area contributed by atoms with Crippen LogP contribution < -0.4 is 5.32 Å². The molecule has 1 N–H and O–H groups in total. The van der Waals surface area contributed by atoms with E-state index in [-0.39, 0.29) is 6.04 Å². The third-order valence-corrected chi connectivity index (χ3v) is 4.85. The highest BCUT2D eigenvalue weighted by atomic mass is 32.2. The second-order valence-electron chi connectivity index (χ2n) is 4.19. The van der Waals surface area contributed by atoms with Crippen LogP contribution in [0.2, 0.25) is 0 Å². The summed E-state index contributed by atoms with van der Waals surface area (Å²) < 4.78 is 22.4. The van der Waals surface area contributed by atoms with Crippen LogP contribution in [0.4, 0.5) is 0 Å². The van der Waals surface area contributed by atoms with E-state index < -0.39 is 9.84 Å². The summed E-state index contributed by atoms with van der Waals surface area (Å²) in [4.78, 5) is 0. The molecule has 0 saturated carbocycles. The molecule has 1 aliphatic rings. The van der Waals surface area contributed by atoms with Gasteiger partial charge in [0.15, 0.2) is 9.84 Å². The molecule has 1 heterocycles. The smallest absolute Gasteiger partial charge is 0.151 e. The fraction of sp³-hybridized carbons (Fsp3) is 1.00. The van der Waals surface area contributed by atoms with Crippen LogP contribution >= 0.6 is 0 Å². The van der Waals surface area contributed by atoms with Crippen LogP contribution in [0.5, 0.6) is 0 Å². The van der Waals surface area contributed by atoms with Gasteiger partial charge in [0.25, 0.3) is 0 Å². The molecule has 0 radical (unpaired) electrons. The fourth-order valence-corrected chi connectivity index (χ4v) is 3.57. The second-order valence-corrected chi connectivity index (χ2v) is 6.42. The lowest BCUT2D eigenvalue weighted by Crippen LogP contribution is -2.33. The lowest BCUT2D eigenvalue weighted by Gasteiger charge is -2.16. The van der Waals surface area contributed by atoms with Crippen LogP contribution in [0.25, 0.3) is 0 Å². The van der Waals surface area contributed by atoms with Crippen LogP contribution in [-0.2, 0) is 9.84 Å². The van der Waals surface area contributed by atoms with Crippen LogP contribution in [0.15, 0.2) is 0 Å². The molecule has 84 valence electrons. The van der Waals surface area contributed by atoms with E-state index >= 15 is 0 Å². The topological polar surface area (TPSA) is 46.2 Å². The van der Waals surface area contributed by atoms with Crippen molar-refractivity contribution < 1.29 is 8.42 Å². The molecule has 0 bridgehead atoms. The molecule has 1 rings (SSSR count). The summed E-state index contributed by atoms with van der Waals surface area (Å²) in [5.74, 6) is 1.40. The van der Waals surface area contributed by atoms with E-state index in [0.717, 1.165) is 13.0 Å². The Morgan fingerprint density at radius 2 is 2.00 bits per heavy atom. The van der Waals surface area contributed by atoms with E-state index in [0.29, 0.717) is 17.4 Å². The van der Waals surface area contributed by atoms with Crippen molar-refractivity contribution in [2.75, 3.05) is 18.1 Å². The van der Waals surface area contributed by atoms with Gasteiger partial charge in [-0.15, -0.1) is 0 Å². The summed E-state index contributed by atoms with van der Waals surface area (Å²) in [6, 6.07) is 0.209. The third kappa shape index (κ3) is 3.58. The summed E-state index contributed by atoms with van der Waals surface area (Å²) in [5.41, 5.74) is 0. The molecule has 1 saturated heterocycles. The van der Waals surface area contributed by atoms with E-state index in [4.69, 9.17) is 0 Å². The number of hydrogen-bond donors (Lipinski definition) is 1. The molecule has 0 aromatic heterocycles. The standard InChI is InChI=1S/C10H21NO2S/c1-3-9(4-2)7-11-10-5-6-14(12,13)8-10/h9-11H,3-8H2,1-2H3/t10-/m0/s1. The highest BCUT2D eigenvalue weighted by Crippen LogP contribution is 2.13. The Kier molecular flexibility index (Phi) is 4.38. The molecule has 14 heavy (non-hydrogen) atoms. The highest BCUT2D eigenvalue weighted by Gasteiger charge is 2.27. The van der Waals surface area contributed by atoms with E-state index in [2.05, 4.69) is 19.2 Å². The minimum atomic E-state index is -2.72. The quantitative estimate of drug-likeness (QED) is 0.756. The molecule has 4 heteroatoms. The van der Waals surface area contributed by atoms with Gasteiger partial charge in [0.05, 0.1) is 11.5 Å². The van der Waals surface area contributed by atoms with Crippen LogP contribution in [-0.4, -0.2) is 32.5 Å². The van der Waals surface area contributed by atoms with Gasteiger partial charge in [0, 0.05) is 6.04 Å². The van der Waals surface area contributed by atoms with Gasteiger partial charge >= 0.3 is 0 Å². The fourth-order valence-electron chi connectivity index (χ4n) is 1.87. The minimum Gasteiger partial charge on any atom is -0.313 e. The molecule has 1 fully saturated rings. The zero-order valence-electron chi connectivity index (χ0n) is 9.12. The highest BCUT2D eigenvalue weighted by molar-refractivity contribution is 7.91. The molecule has 0 aromatic carbocycles. The summed E-state index contributed by atoms with van der Waals surface area (Å²) in [6.45, 7) is 5.33. The molecule has 1 aliphatic heterocycles. The molecule has 1 atom stereocenters. The average Bonchev–Trinajstić information content (AvgIpc) is 2.47. The van der Waals surface area contributed by atoms with Crippen molar-refractivity contribution in [3.63, 3.8) is 0 Å². The maximum atomic E-state index is 11.2. The molecular weight excluding hydrogens is 198 g/mol. The Balaban J connectivity index is 2.26. The third-order valence-electron chi connectivity index (χ3n) is 3.08. The van der Waals surface area contributed by atoms with Crippen LogP contribution in [0, 0.1) is 5.92 Å². The van der Waals surface area contributed by atoms with Gasteiger partial charge in [-0.2, -0.15) is 0 Å². The van der Waals surface area contributed by atoms with Gasteiger partial charge < -0.3 is 5.32 Å². The van der Waals surface area contributed by atoms with Gasteiger partial charge in [-0.3, -0.25) is 0 Å². The predicted octanol–water partition coefficient (Wildman–Crippen LogP) is 1.20. The van der Waals surface area contributed by atoms with Crippen molar-refractivity contribution >= 4 is 9.84 Å². The Hall–Kier alpha value is -0.0900. The van der Waals surface area contributed by atoms with Gasteiger partial charge in [0.2, 0.25) is 0 Å². The van der Waals surface area contributed by atoms with E-state index in [1.165, 1.54) is 12.8 Å². The first kappa shape index (κ1) is 12.0. The van der Waals surface area contributed by atoms with Gasteiger partial charge in [-0.25, -0.2) is 8.42 Å². The summed E-state index contributed by atoms with van der Waals surface area (Å²) >= 11 is 0. The first-order chi connectivity index (χ1) is 6.57. The largest absolute Gasteiger partial charge is 0.313 e. The number of hydrogen-bond acceptors (Lipinski definition) is 3. The van der Waals surface area contributed by atoms with Crippen molar-refractivity contribution in [3.05, 3.63) is 0 Å². The molecule has 0 aromatic rings. The number of rotatable bonds is 5. The van der Waals surface area contributed by atoms with Crippen molar-refractivity contribution in [2.45, 2.75) is 39.2 Å². The Bertz CT molecular complexity index is 257. The average molecular weight is 219 g/mol. The minimum absolute atomic E-state index is 0.209. The Labute approximate surface area is 87.2 Å². The van der Waals surface area contributed by atoms with Gasteiger partial charge in [-0.05, 0) is 18.9 Å². The SMILES string of the molecule is CCC(CC)CN[C@H]1CCS(=O)(=O)C1. The zero-order valence-corrected chi connectivity index (χ0v) is 9.94. The van der Waals surface area contributed by atoms with Crippen LogP contribution in [0.1, 0.15) is 33.1 Å². The normalized spacial score (nSPS) is 25.8. The zero-order chi connectivity index (χ0) is 10.6. The first-order valence-corrected chi connectivity index (χ1v) is 7.33. The van der Waals surface area contributed by atoms with Gasteiger partial charge in [-0.1, -0.05) is 26.7 Å². The lowest BCUT2D eigenvalue weighted by molar-refractivity contribution is 0.420. The summed E-state index contributed by atoms with van der Waals surface area (Å²) in [5, 5.41) is 3.36. The molecule has 3 nitrogen and oxygen atoms in total. The Morgan fingerprint density at radius 3 is 2.43 bits per heavy atom. The van der Waals surface area contributed by atoms with E-state index in [1.807, 2.05) is 0 Å². The van der Waals surface area contributed by atoms with Crippen molar-refractivity contribution in [3.8, 4) is 0 Å².